The number of phenolic OH excluding ortho intramolecular Hbond substituents is 1. The van der Waals surface area contributed by atoms with E-state index in [4.69, 9.17) is 16.7 Å². The molecule has 0 aromatic heterocycles. The van der Waals surface area contributed by atoms with E-state index in [1.165, 1.54) is 5.57 Å². The molecule has 12 heavy (non-hydrogen) atoms. The number of para-hydroxylation sites is 1. The van der Waals surface area contributed by atoms with Crippen molar-refractivity contribution in [3.8, 4) is 5.75 Å². The molecule has 1 rings (SSSR count). The predicted octanol–water partition coefficient (Wildman–Crippen LogP) is 3.63. The lowest BCUT2D eigenvalue weighted by Crippen LogP contribution is -1.62. The van der Waals surface area contributed by atoms with Gasteiger partial charge in [-0.3, -0.25) is 0 Å². The maximum Gasteiger partial charge on any atom is 0.134 e. The van der Waals surface area contributed by atoms with Gasteiger partial charge in [-0.05, 0) is 26.0 Å². The predicted molar refractivity (Wildman–Crippen MR) is 53.6 cm³/mol. The number of phenols is 1. The molecule has 0 bridgehead atoms. The molecule has 0 amide bonds. The topological polar surface area (TPSA) is 20.2 Å². The summed E-state index contributed by atoms with van der Waals surface area (Å²) in [6, 6.07) is 6.67. The molecule has 0 aliphatic carbocycles. The summed E-state index contributed by atoms with van der Waals surface area (Å²) in [5, 5.41) is 9.18. The van der Waals surface area contributed by atoms with Gasteiger partial charge in [0.2, 0.25) is 0 Å². The molecule has 1 aromatic carbocycles. The SMILES string of the molecule is C=C(C)C.Oc1ccccc1Cl. The number of aromatic hydroxyl groups is 1. The summed E-state index contributed by atoms with van der Waals surface area (Å²) < 4.78 is 0. The van der Waals surface area contributed by atoms with Crippen LogP contribution in [0.15, 0.2) is 36.4 Å². The lowest BCUT2D eigenvalue weighted by molar-refractivity contribution is 0.475. The second kappa shape index (κ2) is 5.67. The highest BCUT2D eigenvalue weighted by Crippen LogP contribution is 2.20. The lowest BCUT2D eigenvalue weighted by atomic mass is 10.3. The number of benzene rings is 1. The normalized spacial score (nSPS) is 8.25. The zero-order valence-electron chi connectivity index (χ0n) is 7.34. The van der Waals surface area contributed by atoms with Crippen LogP contribution in [0.4, 0.5) is 0 Å². The summed E-state index contributed by atoms with van der Waals surface area (Å²) in [6.07, 6.45) is 0. The van der Waals surface area contributed by atoms with Crippen LogP contribution in [0.5, 0.6) is 5.75 Å². The average molecular weight is 185 g/mol. The molecular weight excluding hydrogens is 172 g/mol. The zero-order valence-corrected chi connectivity index (χ0v) is 8.10. The van der Waals surface area contributed by atoms with Crippen molar-refractivity contribution in [2.75, 3.05) is 0 Å². The molecule has 0 heterocycles. The Labute approximate surface area is 78.3 Å². The van der Waals surface area contributed by atoms with E-state index in [2.05, 4.69) is 6.58 Å². The van der Waals surface area contributed by atoms with Gasteiger partial charge in [0.05, 0.1) is 5.02 Å². The third-order valence-corrected chi connectivity index (χ3v) is 1.17. The van der Waals surface area contributed by atoms with E-state index in [9.17, 15) is 0 Å². The summed E-state index contributed by atoms with van der Waals surface area (Å²) in [5.41, 5.74) is 1.17. The Balaban J connectivity index is 0.000000261. The van der Waals surface area contributed by atoms with Crippen molar-refractivity contribution >= 4 is 11.6 Å². The van der Waals surface area contributed by atoms with Gasteiger partial charge < -0.3 is 5.11 Å². The van der Waals surface area contributed by atoms with Crippen LogP contribution in [-0.4, -0.2) is 5.11 Å². The number of hydrogen-bond acceptors (Lipinski definition) is 1. The van der Waals surface area contributed by atoms with Gasteiger partial charge in [-0.1, -0.05) is 29.3 Å². The summed E-state index contributed by atoms with van der Waals surface area (Å²) in [4.78, 5) is 0. The first-order chi connectivity index (χ1) is 5.54. The molecule has 1 nitrogen and oxygen atoms in total. The molecule has 0 aliphatic rings. The fourth-order valence-electron chi connectivity index (χ4n) is 0.452. The summed E-state index contributed by atoms with van der Waals surface area (Å²) >= 11 is 5.46. The van der Waals surface area contributed by atoms with E-state index in [0.29, 0.717) is 5.02 Å². The van der Waals surface area contributed by atoms with Gasteiger partial charge in [-0.15, -0.1) is 6.58 Å². The largest absolute Gasteiger partial charge is 0.506 e. The molecule has 0 saturated heterocycles. The molecule has 2 heteroatoms. The minimum Gasteiger partial charge on any atom is -0.506 e. The lowest BCUT2D eigenvalue weighted by Gasteiger charge is -1.89. The molecule has 0 saturated carbocycles. The molecule has 0 unspecified atom stereocenters. The van der Waals surface area contributed by atoms with Crippen LogP contribution < -0.4 is 0 Å². The highest BCUT2D eigenvalue weighted by molar-refractivity contribution is 6.31. The fourth-order valence-corrected chi connectivity index (χ4v) is 0.587. The molecular formula is C10H13ClO. The summed E-state index contributed by atoms with van der Waals surface area (Å²) in [6.45, 7) is 7.50. The van der Waals surface area contributed by atoms with Crippen molar-refractivity contribution in [1.29, 1.82) is 0 Å². The van der Waals surface area contributed by atoms with Gasteiger partial charge >= 0.3 is 0 Å². The van der Waals surface area contributed by atoms with Gasteiger partial charge in [0.1, 0.15) is 5.75 Å². The van der Waals surface area contributed by atoms with Gasteiger partial charge in [0.25, 0.3) is 0 Å². The van der Waals surface area contributed by atoms with Crippen molar-refractivity contribution in [3.05, 3.63) is 41.4 Å². The Kier molecular flexibility index (Phi) is 5.22. The summed E-state index contributed by atoms with van der Waals surface area (Å²) in [5.74, 6) is 0.133. The van der Waals surface area contributed by atoms with Gasteiger partial charge in [0, 0.05) is 0 Å². The van der Waals surface area contributed by atoms with E-state index in [1.807, 2.05) is 13.8 Å². The molecule has 0 spiro atoms. The molecule has 66 valence electrons. The third kappa shape index (κ3) is 5.81. The number of halogens is 1. The van der Waals surface area contributed by atoms with Crippen LogP contribution in [-0.2, 0) is 0 Å². The molecule has 0 fully saturated rings. The van der Waals surface area contributed by atoms with E-state index >= 15 is 0 Å². The second-order valence-electron chi connectivity index (χ2n) is 2.66. The highest BCUT2D eigenvalue weighted by atomic mass is 35.5. The van der Waals surface area contributed by atoms with Crippen LogP contribution in [0.25, 0.3) is 0 Å². The monoisotopic (exact) mass is 184 g/mol. The molecule has 0 atom stereocenters. The molecule has 1 aromatic rings. The highest BCUT2D eigenvalue weighted by Gasteiger charge is 1.89. The molecule has 0 aliphatic heterocycles. The zero-order chi connectivity index (χ0) is 9.56. The van der Waals surface area contributed by atoms with E-state index in [-0.39, 0.29) is 5.75 Å². The van der Waals surface area contributed by atoms with Crippen molar-refractivity contribution in [1.82, 2.24) is 0 Å². The second-order valence-corrected chi connectivity index (χ2v) is 3.07. The Bertz CT molecular complexity index is 231. The summed E-state index contributed by atoms with van der Waals surface area (Å²) in [7, 11) is 0. The third-order valence-electron chi connectivity index (χ3n) is 0.852. The number of hydrogen-bond donors (Lipinski definition) is 1. The first kappa shape index (κ1) is 11.1. The first-order valence-corrected chi connectivity index (χ1v) is 3.97. The first-order valence-electron chi connectivity index (χ1n) is 3.59. The van der Waals surface area contributed by atoms with Crippen LogP contribution in [0.2, 0.25) is 5.02 Å². The Morgan fingerprint density at radius 1 is 1.33 bits per heavy atom. The van der Waals surface area contributed by atoms with E-state index < -0.39 is 0 Å². The number of rotatable bonds is 0. The van der Waals surface area contributed by atoms with Crippen LogP contribution in [0, 0.1) is 0 Å². The van der Waals surface area contributed by atoms with Crippen molar-refractivity contribution < 1.29 is 5.11 Å². The van der Waals surface area contributed by atoms with E-state index in [0.717, 1.165) is 0 Å². The minimum absolute atomic E-state index is 0.133. The molecule has 1 N–H and O–H groups in total. The van der Waals surface area contributed by atoms with Gasteiger partial charge in [-0.2, -0.15) is 0 Å². The average Bonchev–Trinajstić information content (AvgIpc) is 1.94. The standard InChI is InChI=1S/C6H5ClO.C4H8/c7-5-3-1-2-4-6(5)8;1-4(2)3/h1-4,8H;1H2,2-3H3. The van der Waals surface area contributed by atoms with Crippen LogP contribution in [0.1, 0.15) is 13.8 Å². The van der Waals surface area contributed by atoms with Crippen LogP contribution >= 0.6 is 11.6 Å². The Morgan fingerprint density at radius 3 is 2.00 bits per heavy atom. The van der Waals surface area contributed by atoms with Crippen molar-refractivity contribution in [2.45, 2.75) is 13.8 Å². The Morgan fingerprint density at radius 2 is 1.75 bits per heavy atom. The van der Waals surface area contributed by atoms with Gasteiger partial charge in [0.15, 0.2) is 0 Å². The van der Waals surface area contributed by atoms with Crippen molar-refractivity contribution in [2.24, 2.45) is 0 Å². The fraction of sp³-hybridized carbons (Fsp3) is 0.200. The van der Waals surface area contributed by atoms with Crippen LogP contribution in [0.3, 0.4) is 0 Å². The Hall–Kier alpha value is -0.950. The maximum atomic E-state index is 8.79. The smallest absolute Gasteiger partial charge is 0.134 e. The van der Waals surface area contributed by atoms with E-state index in [1.54, 1.807) is 24.3 Å². The van der Waals surface area contributed by atoms with Crippen molar-refractivity contribution in [3.63, 3.8) is 0 Å². The van der Waals surface area contributed by atoms with Gasteiger partial charge in [-0.25, -0.2) is 0 Å². The quantitative estimate of drug-likeness (QED) is 0.611. The maximum absolute atomic E-state index is 8.79. The minimum atomic E-state index is 0.133. The molecule has 0 radical (unpaired) electrons. The number of allylic oxidation sites excluding steroid dienone is 1.